The van der Waals surface area contributed by atoms with Crippen LogP contribution in [-0.2, 0) is 11.2 Å². The molecule has 2 rings (SSSR count). The number of carbonyl (C=O) groups is 1. The van der Waals surface area contributed by atoms with E-state index in [1.54, 1.807) is 7.11 Å². The molecular weight excluding hydrogens is 286 g/mol. The van der Waals surface area contributed by atoms with E-state index < -0.39 is 0 Å². The first-order valence-electron chi connectivity index (χ1n) is 6.68. The van der Waals surface area contributed by atoms with E-state index in [4.69, 9.17) is 4.74 Å². The lowest BCUT2D eigenvalue weighted by atomic mass is 10.1. The van der Waals surface area contributed by atoms with E-state index in [9.17, 15) is 4.79 Å². The highest BCUT2D eigenvalue weighted by Gasteiger charge is 2.12. The fraction of sp³-hybridized carbons (Fsp3) is 0.333. The number of amides is 1. The summed E-state index contributed by atoms with van der Waals surface area (Å²) in [6.45, 7) is 2.02. The third-order valence-electron chi connectivity index (χ3n) is 3.19. The molecule has 2 aromatic rings. The fourth-order valence-electron chi connectivity index (χ4n) is 1.88. The SMILES string of the molecule is CNC(C)c1csc(NC(=O)Cc2ccccc2OC)n1. The van der Waals surface area contributed by atoms with Gasteiger partial charge in [0, 0.05) is 17.0 Å². The maximum atomic E-state index is 12.1. The molecule has 1 heterocycles. The third kappa shape index (κ3) is 4.03. The maximum Gasteiger partial charge on any atom is 0.230 e. The lowest BCUT2D eigenvalue weighted by Gasteiger charge is -2.08. The van der Waals surface area contributed by atoms with E-state index in [1.165, 1.54) is 11.3 Å². The van der Waals surface area contributed by atoms with Gasteiger partial charge in [-0.05, 0) is 20.0 Å². The number of rotatable bonds is 6. The molecule has 0 saturated heterocycles. The van der Waals surface area contributed by atoms with E-state index in [1.807, 2.05) is 43.6 Å². The van der Waals surface area contributed by atoms with Gasteiger partial charge in [0.2, 0.25) is 5.91 Å². The Kier molecular flexibility index (Phi) is 5.30. The van der Waals surface area contributed by atoms with Crippen LogP contribution in [0.15, 0.2) is 29.6 Å². The molecule has 0 aliphatic carbocycles. The molecule has 0 saturated carbocycles. The van der Waals surface area contributed by atoms with E-state index in [2.05, 4.69) is 15.6 Å². The highest BCUT2D eigenvalue weighted by atomic mass is 32.1. The minimum Gasteiger partial charge on any atom is -0.496 e. The van der Waals surface area contributed by atoms with Crippen LogP contribution in [0.2, 0.25) is 0 Å². The number of nitrogens with one attached hydrogen (secondary N) is 2. The number of ether oxygens (including phenoxy) is 1. The number of para-hydroxylation sites is 1. The minimum absolute atomic E-state index is 0.0995. The average Bonchev–Trinajstić information content (AvgIpc) is 2.95. The predicted molar refractivity (Wildman–Crippen MR) is 84.9 cm³/mol. The van der Waals surface area contributed by atoms with Crippen LogP contribution in [-0.4, -0.2) is 25.0 Å². The Morgan fingerprint density at radius 3 is 2.90 bits per heavy atom. The second-order valence-electron chi connectivity index (χ2n) is 4.62. The average molecular weight is 305 g/mol. The van der Waals surface area contributed by atoms with E-state index in [-0.39, 0.29) is 18.4 Å². The zero-order chi connectivity index (χ0) is 15.2. The minimum atomic E-state index is -0.0995. The van der Waals surface area contributed by atoms with Crippen molar-refractivity contribution in [3.05, 3.63) is 40.9 Å². The van der Waals surface area contributed by atoms with Crippen LogP contribution in [0, 0.1) is 0 Å². The smallest absolute Gasteiger partial charge is 0.230 e. The number of carbonyl (C=O) groups excluding carboxylic acids is 1. The van der Waals surface area contributed by atoms with Gasteiger partial charge >= 0.3 is 0 Å². The van der Waals surface area contributed by atoms with Crippen LogP contribution >= 0.6 is 11.3 Å². The van der Waals surface area contributed by atoms with Gasteiger partial charge in [0.15, 0.2) is 5.13 Å². The quantitative estimate of drug-likeness (QED) is 0.861. The number of benzene rings is 1. The Morgan fingerprint density at radius 2 is 2.19 bits per heavy atom. The van der Waals surface area contributed by atoms with E-state index in [0.717, 1.165) is 17.0 Å². The van der Waals surface area contributed by atoms with Gasteiger partial charge in [0.1, 0.15) is 5.75 Å². The van der Waals surface area contributed by atoms with Gasteiger partial charge in [-0.1, -0.05) is 18.2 Å². The van der Waals surface area contributed by atoms with Crippen LogP contribution in [0.4, 0.5) is 5.13 Å². The Bertz CT molecular complexity index is 612. The molecule has 2 N–H and O–H groups in total. The third-order valence-corrected chi connectivity index (χ3v) is 3.96. The maximum absolute atomic E-state index is 12.1. The van der Waals surface area contributed by atoms with Crippen LogP contribution in [0.3, 0.4) is 0 Å². The van der Waals surface area contributed by atoms with Crippen molar-refractivity contribution < 1.29 is 9.53 Å². The Hall–Kier alpha value is -1.92. The zero-order valence-electron chi connectivity index (χ0n) is 12.3. The summed E-state index contributed by atoms with van der Waals surface area (Å²) in [5.41, 5.74) is 1.79. The first-order chi connectivity index (χ1) is 10.1. The van der Waals surface area contributed by atoms with Gasteiger partial charge in [-0.15, -0.1) is 11.3 Å². The zero-order valence-corrected chi connectivity index (χ0v) is 13.2. The normalized spacial score (nSPS) is 12.0. The lowest BCUT2D eigenvalue weighted by Crippen LogP contribution is -2.16. The molecule has 0 aliphatic rings. The molecule has 0 bridgehead atoms. The van der Waals surface area contributed by atoms with Crippen molar-refractivity contribution in [3.8, 4) is 5.75 Å². The Labute approximate surface area is 128 Å². The monoisotopic (exact) mass is 305 g/mol. The molecule has 21 heavy (non-hydrogen) atoms. The molecule has 0 fully saturated rings. The molecule has 5 nitrogen and oxygen atoms in total. The second kappa shape index (κ2) is 7.19. The highest BCUT2D eigenvalue weighted by molar-refractivity contribution is 7.13. The van der Waals surface area contributed by atoms with Gasteiger partial charge in [-0.2, -0.15) is 0 Å². The lowest BCUT2D eigenvalue weighted by molar-refractivity contribution is -0.115. The number of methoxy groups -OCH3 is 1. The molecule has 1 aromatic heterocycles. The molecule has 6 heteroatoms. The standard InChI is InChI=1S/C15H19N3O2S/c1-10(16-2)12-9-21-15(17-12)18-14(19)8-11-6-4-5-7-13(11)20-3/h4-7,9-10,16H,8H2,1-3H3,(H,17,18,19). The summed E-state index contributed by atoms with van der Waals surface area (Å²) in [6.07, 6.45) is 0.264. The molecule has 0 spiro atoms. The van der Waals surface area contributed by atoms with Gasteiger partial charge in [-0.3, -0.25) is 4.79 Å². The van der Waals surface area contributed by atoms with Gasteiger partial charge in [0.05, 0.1) is 19.2 Å². The van der Waals surface area contributed by atoms with Crippen molar-refractivity contribution in [2.75, 3.05) is 19.5 Å². The first-order valence-corrected chi connectivity index (χ1v) is 7.56. The van der Waals surface area contributed by atoms with Crippen molar-refractivity contribution in [2.45, 2.75) is 19.4 Å². The van der Waals surface area contributed by atoms with E-state index in [0.29, 0.717) is 5.13 Å². The van der Waals surface area contributed by atoms with Crippen LogP contribution in [0.1, 0.15) is 24.2 Å². The second-order valence-corrected chi connectivity index (χ2v) is 5.48. The summed E-state index contributed by atoms with van der Waals surface area (Å²) in [4.78, 5) is 16.5. The molecule has 0 radical (unpaired) electrons. The van der Waals surface area contributed by atoms with Crippen LogP contribution < -0.4 is 15.4 Å². The summed E-state index contributed by atoms with van der Waals surface area (Å²) < 4.78 is 5.25. The van der Waals surface area contributed by atoms with Crippen LogP contribution in [0.5, 0.6) is 5.75 Å². The van der Waals surface area contributed by atoms with Gasteiger partial charge in [0.25, 0.3) is 0 Å². The Morgan fingerprint density at radius 1 is 1.43 bits per heavy atom. The molecule has 1 amide bonds. The molecule has 1 aromatic carbocycles. The topological polar surface area (TPSA) is 63.2 Å². The number of anilines is 1. The summed E-state index contributed by atoms with van der Waals surface area (Å²) in [6, 6.07) is 7.67. The molecule has 1 unspecified atom stereocenters. The summed E-state index contributed by atoms with van der Waals surface area (Å²) >= 11 is 1.43. The van der Waals surface area contributed by atoms with Gasteiger partial charge < -0.3 is 15.4 Å². The number of hydrogen-bond donors (Lipinski definition) is 2. The van der Waals surface area contributed by atoms with Crippen molar-refractivity contribution in [1.29, 1.82) is 0 Å². The molecule has 112 valence electrons. The highest BCUT2D eigenvalue weighted by Crippen LogP contribution is 2.22. The first kappa shape index (κ1) is 15.5. The predicted octanol–water partition coefficient (Wildman–Crippen LogP) is 2.61. The van der Waals surface area contributed by atoms with Crippen molar-refractivity contribution in [3.63, 3.8) is 0 Å². The van der Waals surface area contributed by atoms with Crippen molar-refractivity contribution >= 4 is 22.4 Å². The Balaban J connectivity index is 2.00. The molecule has 0 aliphatic heterocycles. The molecular formula is C15H19N3O2S. The number of nitrogens with zero attached hydrogens (tertiary/aromatic N) is 1. The summed E-state index contributed by atoms with van der Waals surface area (Å²) in [5.74, 6) is 0.619. The number of aromatic nitrogens is 1. The van der Waals surface area contributed by atoms with E-state index >= 15 is 0 Å². The van der Waals surface area contributed by atoms with Crippen molar-refractivity contribution in [2.24, 2.45) is 0 Å². The largest absolute Gasteiger partial charge is 0.496 e. The number of thiazole rings is 1. The van der Waals surface area contributed by atoms with Gasteiger partial charge in [-0.25, -0.2) is 4.98 Å². The summed E-state index contributed by atoms with van der Waals surface area (Å²) in [7, 11) is 3.48. The van der Waals surface area contributed by atoms with Crippen LogP contribution in [0.25, 0.3) is 0 Å². The molecule has 1 atom stereocenters. The fourth-order valence-corrected chi connectivity index (χ4v) is 2.70. The van der Waals surface area contributed by atoms with Crippen molar-refractivity contribution in [1.82, 2.24) is 10.3 Å². The number of hydrogen-bond acceptors (Lipinski definition) is 5. The summed E-state index contributed by atoms with van der Waals surface area (Å²) in [5, 5.41) is 8.51.